The number of carbonyl (C=O) groups is 1. The minimum atomic E-state index is -0.744. The van der Waals surface area contributed by atoms with Crippen molar-refractivity contribution in [2.24, 2.45) is 5.41 Å². The van der Waals surface area contributed by atoms with Crippen LogP contribution in [0.5, 0.6) is 5.88 Å². The maximum Gasteiger partial charge on any atom is 0.226 e. The third-order valence-electron chi connectivity index (χ3n) is 6.39. The van der Waals surface area contributed by atoms with Crippen LogP contribution in [0.4, 0.5) is 10.1 Å². The second-order valence-electron chi connectivity index (χ2n) is 8.48. The van der Waals surface area contributed by atoms with Crippen molar-refractivity contribution >= 4 is 11.6 Å². The lowest BCUT2D eigenvalue weighted by Gasteiger charge is -2.36. The number of aryl methyl sites for hydroxylation is 1. The highest BCUT2D eigenvalue weighted by atomic mass is 19.1. The van der Waals surface area contributed by atoms with Gasteiger partial charge in [-0.15, -0.1) is 0 Å². The van der Waals surface area contributed by atoms with Gasteiger partial charge in [-0.1, -0.05) is 38.1 Å². The maximum absolute atomic E-state index is 13.1. The van der Waals surface area contributed by atoms with Crippen molar-refractivity contribution in [3.63, 3.8) is 0 Å². The largest absolute Gasteiger partial charge is 0.473 e. The number of ether oxygens (including phenoxy) is 1. The summed E-state index contributed by atoms with van der Waals surface area (Å²) in [4.78, 5) is 18.6. The second-order valence-corrected chi connectivity index (χ2v) is 8.48. The molecule has 154 valence electrons. The van der Waals surface area contributed by atoms with E-state index in [0.717, 1.165) is 35.5 Å². The Kier molecular flexibility index (Phi) is 5.19. The van der Waals surface area contributed by atoms with Crippen LogP contribution in [0, 0.1) is 12.3 Å². The Hall–Kier alpha value is -2.63. The number of hydrogen-bond acceptors (Lipinski definition) is 4. The minimum Gasteiger partial charge on any atom is -0.473 e. The van der Waals surface area contributed by atoms with E-state index in [1.165, 1.54) is 0 Å². The molecule has 2 fully saturated rings. The summed E-state index contributed by atoms with van der Waals surface area (Å²) in [5.74, 6) is 0.840. The molecule has 1 aromatic heterocycles. The van der Waals surface area contributed by atoms with Gasteiger partial charge in [-0.25, -0.2) is 9.37 Å². The van der Waals surface area contributed by atoms with E-state index in [2.05, 4.69) is 29.4 Å². The minimum absolute atomic E-state index is 0.139. The van der Waals surface area contributed by atoms with Gasteiger partial charge in [0.05, 0.1) is 18.5 Å². The monoisotopic (exact) mass is 397 g/mol. The van der Waals surface area contributed by atoms with E-state index in [-0.39, 0.29) is 17.2 Å². The van der Waals surface area contributed by atoms with Crippen LogP contribution in [-0.2, 0) is 11.4 Å². The Labute approximate surface area is 171 Å². The zero-order chi connectivity index (χ0) is 20.6. The molecule has 0 radical (unpaired) electrons. The van der Waals surface area contributed by atoms with Gasteiger partial charge in [0.15, 0.2) is 0 Å². The van der Waals surface area contributed by atoms with E-state index < -0.39 is 6.17 Å². The summed E-state index contributed by atoms with van der Waals surface area (Å²) in [6, 6.07) is 12.1. The highest BCUT2D eigenvalue weighted by molar-refractivity contribution is 5.85. The smallest absolute Gasteiger partial charge is 0.226 e. The highest BCUT2D eigenvalue weighted by Gasteiger charge is 2.42. The molecular weight excluding hydrogens is 369 g/mol. The van der Waals surface area contributed by atoms with Crippen molar-refractivity contribution in [1.29, 1.82) is 0 Å². The molecule has 0 bridgehead atoms. The van der Waals surface area contributed by atoms with E-state index in [1.807, 2.05) is 43.0 Å². The Bertz CT molecular complexity index is 895. The molecule has 2 aromatic rings. The normalized spacial score (nSPS) is 22.9. The molecule has 0 aliphatic carbocycles. The lowest BCUT2D eigenvalue weighted by atomic mass is 9.73. The first-order chi connectivity index (χ1) is 13.8. The number of amides is 1. The van der Waals surface area contributed by atoms with Crippen LogP contribution in [0.3, 0.4) is 0 Å². The second kappa shape index (κ2) is 7.65. The third-order valence-corrected chi connectivity index (χ3v) is 6.39. The molecule has 1 unspecified atom stereocenters. The molecule has 1 amide bonds. The predicted molar refractivity (Wildman–Crippen MR) is 111 cm³/mol. The molecular formula is C23H28FN3O2. The first-order valence-corrected chi connectivity index (χ1v) is 10.2. The topological polar surface area (TPSA) is 54.5 Å². The molecule has 2 saturated heterocycles. The quantitative estimate of drug-likeness (QED) is 0.807. The lowest BCUT2D eigenvalue weighted by molar-refractivity contribution is -0.127. The number of hydrogen-bond donors (Lipinski definition) is 1. The van der Waals surface area contributed by atoms with Gasteiger partial charge in [0, 0.05) is 24.0 Å². The van der Waals surface area contributed by atoms with Gasteiger partial charge >= 0.3 is 0 Å². The number of anilines is 1. The molecule has 1 aromatic carbocycles. The number of nitrogens with one attached hydrogen (secondary N) is 1. The van der Waals surface area contributed by atoms with Gasteiger partial charge in [0.25, 0.3) is 0 Å². The number of benzene rings is 1. The van der Waals surface area contributed by atoms with Gasteiger partial charge < -0.3 is 15.0 Å². The average molecular weight is 397 g/mol. The maximum atomic E-state index is 13.1. The summed E-state index contributed by atoms with van der Waals surface area (Å²) in [5, 5.41) is 2.95. The van der Waals surface area contributed by atoms with E-state index >= 15 is 0 Å². The summed E-state index contributed by atoms with van der Waals surface area (Å²) in [6.45, 7) is 8.10. The Balaban J connectivity index is 1.40. The highest BCUT2D eigenvalue weighted by Crippen LogP contribution is 2.41. The van der Waals surface area contributed by atoms with Gasteiger partial charge in [0.2, 0.25) is 11.8 Å². The van der Waals surface area contributed by atoms with E-state index in [9.17, 15) is 9.18 Å². The van der Waals surface area contributed by atoms with Crippen LogP contribution < -0.4 is 15.0 Å². The van der Waals surface area contributed by atoms with Crippen molar-refractivity contribution in [3.8, 4) is 5.88 Å². The Morgan fingerprint density at radius 1 is 1.31 bits per heavy atom. The van der Waals surface area contributed by atoms with Crippen LogP contribution in [-0.4, -0.2) is 36.7 Å². The zero-order valence-corrected chi connectivity index (χ0v) is 17.2. The molecule has 5 nitrogen and oxygen atoms in total. The van der Waals surface area contributed by atoms with Crippen molar-refractivity contribution in [2.45, 2.75) is 45.9 Å². The standard InChI is InChI=1S/C23H28FN3O2/c1-15-10-20(27-12-19(24)13-27)11-21(26-15)29-14-17-4-6-18(7-5-17)16(2)23(3)8-9-25-22(23)28/h4-7,10-11,16,19H,8-9,12-14H2,1-3H3,(H,25,28)/t16?,23-/m0/s1. The number of rotatable bonds is 6. The molecule has 0 spiro atoms. The van der Waals surface area contributed by atoms with Crippen molar-refractivity contribution in [2.75, 3.05) is 24.5 Å². The van der Waals surface area contributed by atoms with Crippen molar-refractivity contribution < 1.29 is 13.9 Å². The van der Waals surface area contributed by atoms with Gasteiger partial charge in [-0.3, -0.25) is 4.79 Å². The molecule has 29 heavy (non-hydrogen) atoms. The van der Waals surface area contributed by atoms with Crippen molar-refractivity contribution in [3.05, 3.63) is 53.2 Å². The van der Waals surface area contributed by atoms with Crippen LogP contribution in [0.2, 0.25) is 0 Å². The SMILES string of the molecule is Cc1cc(N2CC(F)C2)cc(OCc2ccc(C(C)[C@]3(C)CCNC3=O)cc2)n1. The van der Waals surface area contributed by atoms with Gasteiger partial charge in [0.1, 0.15) is 12.8 Å². The van der Waals surface area contributed by atoms with Crippen LogP contribution in [0.1, 0.15) is 43.0 Å². The van der Waals surface area contributed by atoms with Crippen molar-refractivity contribution in [1.82, 2.24) is 10.3 Å². The summed E-state index contributed by atoms with van der Waals surface area (Å²) in [7, 11) is 0. The number of nitrogens with zero attached hydrogens (tertiary/aromatic N) is 2. The molecule has 6 heteroatoms. The summed E-state index contributed by atoms with van der Waals surface area (Å²) < 4.78 is 19.0. The van der Waals surface area contributed by atoms with E-state index in [1.54, 1.807) is 0 Å². The Morgan fingerprint density at radius 2 is 2.03 bits per heavy atom. The first kappa shape index (κ1) is 19.7. The Morgan fingerprint density at radius 3 is 2.66 bits per heavy atom. The first-order valence-electron chi connectivity index (χ1n) is 10.2. The van der Waals surface area contributed by atoms with Gasteiger partial charge in [-0.2, -0.15) is 0 Å². The summed E-state index contributed by atoms with van der Waals surface area (Å²) in [5.41, 5.74) is 3.65. The molecule has 1 N–H and O–H groups in total. The third kappa shape index (κ3) is 3.93. The molecule has 3 heterocycles. The zero-order valence-electron chi connectivity index (χ0n) is 17.2. The fourth-order valence-corrected chi connectivity index (χ4v) is 4.10. The molecule has 4 rings (SSSR count). The average Bonchev–Trinajstić information content (AvgIpc) is 3.03. The number of halogens is 1. The van der Waals surface area contributed by atoms with Crippen LogP contribution in [0.15, 0.2) is 36.4 Å². The molecule has 2 atom stereocenters. The summed E-state index contributed by atoms with van der Waals surface area (Å²) >= 11 is 0. The van der Waals surface area contributed by atoms with Gasteiger partial charge in [-0.05, 0) is 36.5 Å². The molecule has 2 aliphatic heterocycles. The van der Waals surface area contributed by atoms with Crippen LogP contribution >= 0.6 is 0 Å². The van der Waals surface area contributed by atoms with E-state index in [0.29, 0.717) is 25.6 Å². The summed E-state index contributed by atoms with van der Waals surface area (Å²) in [6.07, 6.45) is 0.116. The molecule has 2 aliphatic rings. The van der Waals surface area contributed by atoms with Crippen LogP contribution in [0.25, 0.3) is 0 Å². The number of alkyl halides is 1. The number of pyridine rings is 1. The fourth-order valence-electron chi connectivity index (χ4n) is 4.10. The molecule has 0 saturated carbocycles. The predicted octanol–water partition coefficient (Wildman–Crippen LogP) is 3.76. The van der Waals surface area contributed by atoms with E-state index in [4.69, 9.17) is 4.74 Å². The number of aromatic nitrogens is 1. The fraction of sp³-hybridized carbons (Fsp3) is 0.478. The number of carbonyl (C=O) groups excluding carboxylic acids is 1. The lowest BCUT2D eigenvalue weighted by Crippen LogP contribution is -2.48.